The molecule has 2 heterocycles. The first kappa shape index (κ1) is 23.8. The van der Waals surface area contributed by atoms with E-state index in [9.17, 15) is 36.4 Å². The van der Waals surface area contributed by atoms with Crippen molar-refractivity contribution in [3.05, 3.63) is 47.2 Å². The number of ether oxygens (including phenoxy) is 1. The van der Waals surface area contributed by atoms with Gasteiger partial charge in [0.25, 0.3) is 10.0 Å². The number of halogens is 3. The third-order valence-electron chi connectivity index (χ3n) is 4.70. The quantitative estimate of drug-likeness (QED) is 0.626. The van der Waals surface area contributed by atoms with Gasteiger partial charge in [-0.2, -0.15) is 5.26 Å². The fourth-order valence-electron chi connectivity index (χ4n) is 3.10. The number of aromatic carboxylic acids is 1. The zero-order chi connectivity index (χ0) is 24.6. The number of para-hydroxylation sites is 1. The number of carbonyl (C=O) groups excluding carboxylic acids is 1. The van der Waals surface area contributed by atoms with Crippen molar-refractivity contribution in [1.82, 2.24) is 9.71 Å². The number of aromatic nitrogens is 1. The van der Waals surface area contributed by atoms with Crippen LogP contribution in [0.15, 0.2) is 35.2 Å². The van der Waals surface area contributed by atoms with E-state index in [2.05, 4.69) is 9.72 Å². The summed E-state index contributed by atoms with van der Waals surface area (Å²) in [6, 6.07) is 6.95. The number of amides is 1. The van der Waals surface area contributed by atoms with E-state index in [-0.39, 0.29) is 35.7 Å². The van der Waals surface area contributed by atoms with Crippen molar-refractivity contribution in [3.8, 4) is 11.8 Å². The summed E-state index contributed by atoms with van der Waals surface area (Å²) in [6.07, 6.45) is -5.14. The van der Waals surface area contributed by atoms with Crippen molar-refractivity contribution >= 4 is 27.7 Å². The Balaban J connectivity index is 1.73. The smallest absolute Gasteiger partial charge is 0.478 e. The van der Waals surface area contributed by atoms with E-state index in [1.165, 1.54) is 17.9 Å². The summed E-state index contributed by atoms with van der Waals surface area (Å²) < 4.78 is 68.1. The Morgan fingerprint density at radius 1 is 1.30 bits per heavy atom. The highest BCUT2D eigenvalue weighted by molar-refractivity contribution is 7.90. The molecule has 174 valence electrons. The third kappa shape index (κ3) is 5.14. The Bertz CT molecular complexity index is 1270. The van der Waals surface area contributed by atoms with Gasteiger partial charge in [-0.05, 0) is 25.1 Å². The van der Waals surface area contributed by atoms with Gasteiger partial charge in [0.05, 0.1) is 22.7 Å². The molecule has 1 aliphatic rings. The van der Waals surface area contributed by atoms with E-state index in [4.69, 9.17) is 5.11 Å². The van der Waals surface area contributed by atoms with Crippen molar-refractivity contribution in [2.75, 3.05) is 18.0 Å². The Labute approximate surface area is 185 Å². The number of carboxylic acid groups (broad SMARTS) is 1. The summed E-state index contributed by atoms with van der Waals surface area (Å²) in [6.45, 7) is 1.34. The van der Waals surface area contributed by atoms with Gasteiger partial charge in [-0.3, -0.25) is 4.79 Å². The van der Waals surface area contributed by atoms with Gasteiger partial charge in [-0.25, -0.2) is 22.9 Å². The van der Waals surface area contributed by atoms with Crippen LogP contribution in [0.2, 0.25) is 0 Å². The molecule has 0 bridgehead atoms. The minimum Gasteiger partial charge on any atom is -0.478 e. The highest BCUT2D eigenvalue weighted by Crippen LogP contribution is 2.31. The molecule has 0 aliphatic carbocycles. The summed E-state index contributed by atoms with van der Waals surface area (Å²) in [5, 5.41) is 18.4. The number of alkyl halides is 3. The number of sulfonamides is 1. The number of aryl methyl sites for hydroxylation is 1. The molecule has 0 radical (unpaired) electrons. The van der Waals surface area contributed by atoms with E-state index < -0.39 is 44.8 Å². The van der Waals surface area contributed by atoms with Crippen molar-refractivity contribution in [2.24, 2.45) is 5.92 Å². The number of hydrogen-bond donors (Lipinski definition) is 2. The standard InChI is InChI=1S/C19H15F3N4O6S/c1-10-13(18(28)29)6-11(7-23)16(24-10)26-8-12(9-26)17(27)25-33(30,31)15-5-3-2-4-14(15)32-19(20,21)22/h2-6,12H,8-9H2,1H3,(H,25,27)(H,28,29). The van der Waals surface area contributed by atoms with Crippen LogP contribution in [0.5, 0.6) is 5.75 Å². The molecule has 1 amide bonds. The van der Waals surface area contributed by atoms with Crippen molar-refractivity contribution < 1.29 is 41.0 Å². The van der Waals surface area contributed by atoms with Gasteiger partial charge in [-0.1, -0.05) is 12.1 Å². The highest BCUT2D eigenvalue weighted by Gasteiger charge is 2.38. The number of carboxylic acids is 1. The lowest BCUT2D eigenvalue weighted by Gasteiger charge is -2.39. The maximum absolute atomic E-state index is 12.6. The van der Waals surface area contributed by atoms with E-state index >= 15 is 0 Å². The number of nitrogens with zero attached hydrogens (tertiary/aromatic N) is 3. The Morgan fingerprint density at radius 3 is 2.52 bits per heavy atom. The molecule has 1 aromatic heterocycles. The number of hydrogen-bond acceptors (Lipinski definition) is 8. The third-order valence-corrected chi connectivity index (χ3v) is 6.08. The molecule has 1 saturated heterocycles. The molecule has 3 rings (SSSR count). The van der Waals surface area contributed by atoms with Crippen LogP contribution in [-0.4, -0.2) is 49.8 Å². The van der Waals surface area contributed by atoms with Crippen LogP contribution in [0, 0.1) is 24.2 Å². The summed E-state index contributed by atoms with van der Waals surface area (Å²) in [5.41, 5.74) is -0.0492. The predicted molar refractivity (Wildman–Crippen MR) is 105 cm³/mol. The second kappa shape index (κ2) is 8.58. The molecule has 1 aliphatic heterocycles. The molecule has 10 nitrogen and oxygen atoms in total. The molecular weight excluding hydrogens is 469 g/mol. The fraction of sp³-hybridized carbons (Fsp3) is 0.263. The minimum atomic E-state index is -5.14. The van der Waals surface area contributed by atoms with Crippen LogP contribution in [0.25, 0.3) is 0 Å². The van der Waals surface area contributed by atoms with Crippen LogP contribution >= 0.6 is 0 Å². The number of nitrogens with one attached hydrogen (secondary N) is 1. The summed E-state index contributed by atoms with van der Waals surface area (Å²) in [4.78, 5) is 28.3. The second-order valence-corrected chi connectivity index (χ2v) is 8.63. The molecule has 0 spiro atoms. The first-order valence-electron chi connectivity index (χ1n) is 9.14. The molecule has 1 fully saturated rings. The number of anilines is 1. The molecule has 33 heavy (non-hydrogen) atoms. The number of nitriles is 1. The number of pyridine rings is 1. The van der Waals surface area contributed by atoms with Crippen molar-refractivity contribution in [3.63, 3.8) is 0 Å². The minimum absolute atomic E-state index is 0.0392. The monoisotopic (exact) mass is 484 g/mol. The lowest BCUT2D eigenvalue weighted by Crippen LogP contribution is -2.55. The van der Waals surface area contributed by atoms with Crippen molar-refractivity contribution in [1.29, 1.82) is 5.26 Å². The van der Waals surface area contributed by atoms with E-state index in [1.54, 1.807) is 4.72 Å². The molecular formula is C19H15F3N4O6S. The lowest BCUT2D eigenvalue weighted by molar-refractivity contribution is -0.275. The van der Waals surface area contributed by atoms with Gasteiger partial charge in [-0.15, -0.1) is 13.2 Å². The van der Waals surface area contributed by atoms with Crippen molar-refractivity contribution in [2.45, 2.75) is 18.2 Å². The molecule has 2 aromatic rings. The maximum atomic E-state index is 12.6. The zero-order valence-corrected chi connectivity index (χ0v) is 17.6. The summed E-state index contributed by atoms with van der Waals surface area (Å²) in [7, 11) is -4.68. The van der Waals surface area contributed by atoms with Gasteiger partial charge in [0.1, 0.15) is 22.5 Å². The normalized spacial score (nSPS) is 14.2. The number of rotatable bonds is 6. The van der Waals surface area contributed by atoms with E-state index in [0.29, 0.717) is 0 Å². The van der Waals surface area contributed by atoms with Crippen LogP contribution in [0.4, 0.5) is 19.0 Å². The molecule has 0 unspecified atom stereocenters. The summed E-state index contributed by atoms with van der Waals surface area (Å²) >= 11 is 0. The fourth-order valence-corrected chi connectivity index (χ4v) is 4.28. The van der Waals surface area contributed by atoms with Gasteiger partial charge >= 0.3 is 12.3 Å². The van der Waals surface area contributed by atoms with Crippen LogP contribution in [-0.2, 0) is 14.8 Å². The molecule has 0 atom stereocenters. The van der Waals surface area contributed by atoms with Gasteiger partial charge < -0.3 is 14.7 Å². The number of carbonyl (C=O) groups is 2. The molecule has 1 aromatic carbocycles. The second-order valence-electron chi connectivity index (χ2n) is 6.98. The van der Waals surface area contributed by atoms with Crippen LogP contribution in [0.3, 0.4) is 0 Å². The topological polar surface area (TPSA) is 150 Å². The van der Waals surface area contributed by atoms with Gasteiger partial charge in [0.15, 0.2) is 0 Å². The first-order valence-corrected chi connectivity index (χ1v) is 10.6. The Morgan fingerprint density at radius 2 is 1.94 bits per heavy atom. The maximum Gasteiger partial charge on any atom is 0.573 e. The largest absolute Gasteiger partial charge is 0.573 e. The summed E-state index contributed by atoms with van der Waals surface area (Å²) in [5.74, 6) is -3.95. The molecule has 14 heteroatoms. The number of benzene rings is 1. The van der Waals surface area contributed by atoms with Gasteiger partial charge in [0.2, 0.25) is 5.91 Å². The average Bonchev–Trinajstić information content (AvgIpc) is 2.65. The molecule has 2 N–H and O–H groups in total. The Kier molecular flexibility index (Phi) is 6.19. The van der Waals surface area contributed by atoms with Gasteiger partial charge in [0, 0.05) is 13.1 Å². The Hall–Kier alpha value is -3.86. The lowest BCUT2D eigenvalue weighted by atomic mass is 9.98. The van der Waals surface area contributed by atoms with E-state index in [1.807, 2.05) is 6.07 Å². The first-order chi connectivity index (χ1) is 15.3. The molecule has 0 saturated carbocycles. The SMILES string of the molecule is Cc1nc(N2CC(C(=O)NS(=O)(=O)c3ccccc3OC(F)(F)F)C2)c(C#N)cc1C(=O)O. The highest BCUT2D eigenvalue weighted by atomic mass is 32.2. The zero-order valence-electron chi connectivity index (χ0n) is 16.8. The van der Waals surface area contributed by atoms with Crippen LogP contribution < -0.4 is 14.4 Å². The van der Waals surface area contributed by atoms with E-state index in [0.717, 1.165) is 24.3 Å². The average molecular weight is 484 g/mol. The predicted octanol–water partition coefficient (Wildman–Crippen LogP) is 1.80. The van der Waals surface area contributed by atoms with Crippen LogP contribution in [0.1, 0.15) is 21.6 Å².